The molecular formula is C13H11F2NO4. The number of ether oxygens (including phenoxy) is 1. The summed E-state index contributed by atoms with van der Waals surface area (Å²) in [5.41, 5.74) is -0.425. The van der Waals surface area contributed by atoms with E-state index in [0.29, 0.717) is 0 Å². The molecule has 2 heterocycles. The van der Waals surface area contributed by atoms with Crippen molar-refractivity contribution >= 4 is 11.8 Å². The van der Waals surface area contributed by atoms with Crippen molar-refractivity contribution in [2.24, 2.45) is 5.92 Å². The van der Waals surface area contributed by atoms with E-state index in [2.05, 4.69) is 0 Å². The smallest absolute Gasteiger partial charge is 0.340 e. The Hall–Kier alpha value is -2.18. The van der Waals surface area contributed by atoms with Gasteiger partial charge in [-0.1, -0.05) is 0 Å². The minimum Gasteiger partial charge on any atom is -0.490 e. The molecule has 0 radical (unpaired) electrons. The van der Waals surface area contributed by atoms with Crippen LogP contribution in [0.1, 0.15) is 6.92 Å². The topological polar surface area (TPSA) is 66.8 Å². The van der Waals surface area contributed by atoms with E-state index in [0.717, 1.165) is 6.08 Å². The number of hydrogen-bond acceptors (Lipinski definition) is 4. The Morgan fingerprint density at radius 3 is 2.85 bits per heavy atom. The second-order valence-electron chi connectivity index (χ2n) is 4.98. The van der Waals surface area contributed by atoms with Crippen LogP contribution in [0.4, 0.5) is 8.78 Å². The van der Waals surface area contributed by atoms with E-state index in [-0.39, 0.29) is 18.4 Å². The molecule has 2 aliphatic heterocycles. The van der Waals surface area contributed by atoms with Crippen molar-refractivity contribution in [2.45, 2.75) is 19.0 Å². The van der Waals surface area contributed by atoms with E-state index in [1.807, 2.05) is 0 Å². The van der Waals surface area contributed by atoms with E-state index in [9.17, 15) is 18.4 Å². The first kappa shape index (κ1) is 12.8. The summed E-state index contributed by atoms with van der Waals surface area (Å²) in [5, 5.41) is 9.05. The molecule has 1 aliphatic carbocycles. The number of halogens is 2. The van der Waals surface area contributed by atoms with Gasteiger partial charge in [0.2, 0.25) is 0 Å². The Labute approximate surface area is 112 Å². The lowest BCUT2D eigenvalue weighted by Gasteiger charge is -2.47. The molecule has 106 valence electrons. The highest BCUT2D eigenvalue weighted by molar-refractivity contribution is 6.18. The molecule has 0 unspecified atom stereocenters. The van der Waals surface area contributed by atoms with Gasteiger partial charge >= 0.3 is 5.97 Å². The van der Waals surface area contributed by atoms with Crippen LogP contribution in [0.5, 0.6) is 0 Å². The maximum absolute atomic E-state index is 13.8. The summed E-state index contributed by atoms with van der Waals surface area (Å²) in [4.78, 5) is 24.8. The molecule has 3 atom stereocenters. The van der Waals surface area contributed by atoms with Crippen molar-refractivity contribution in [2.75, 3.05) is 6.61 Å². The predicted molar refractivity (Wildman–Crippen MR) is 62.6 cm³/mol. The number of carboxylic acid groups (broad SMARTS) is 1. The monoisotopic (exact) mass is 283 g/mol. The lowest BCUT2D eigenvalue weighted by atomic mass is 9.81. The third-order valence-electron chi connectivity index (χ3n) is 3.75. The lowest BCUT2D eigenvalue weighted by Crippen LogP contribution is -2.56. The van der Waals surface area contributed by atoms with Gasteiger partial charge in [-0.3, -0.25) is 4.79 Å². The maximum atomic E-state index is 13.8. The van der Waals surface area contributed by atoms with Gasteiger partial charge in [0, 0.05) is 6.20 Å². The number of morpholine rings is 1. The number of Topliss-reactive ketones (excluding diaryl/α,β-unsaturated/α-hetero) is 1. The van der Waals surface area contributed by atoms with Gasteiger partial charge in [0.05, 0.1) is 12.0 Å². The number of hydrogen-bond donors (Lipinski definition) is 1. The average molecular weight is 283 g/mol. The van der Waals surface area contributed by atoms with Crippen molar-refractivity contribution in [3.05, 3.63) is 35.3 Å². The molecule has 20 heavy (non-hydrogen) atoms. The number of aliphatic carboxylic acids is 1. The first-order chi connectivity index (χ1) is 9.41. The van der Waals surface area contributed by atoms with Gasteiger partial charge in [-0.05, 0) is 13.0 Å². The van der Waals surface area contributed by atoms with Crippen LogP contribution in [0.2, 0.25) is 0 Å². The largest absolute Gasteiger partial charge is 0.490 e. The van der Waals surface area contributed by atoms with Gasteiger partial charge in [0.1, 0.15) is 18.2 Å². The van der Waals surface area contributed by atoms with Crippen LogP contribution in [-0.2, 0) is 14.3 Å². The predicted octanol–water partition coefficient (Wildman–Crippen LogP) is 1.29. The highest BCUT2D eigenvalue weighted by Gasteiger charge is 2.49. The second-order valence-corrected chi connectivity index (χ2v) is 4.98. The molecule has 1 N–H and O–H groups in total. The highest BCUT2D eigenvalue weighted by Crippen LogP contribution is 2.41. The summed E-state index contributed by atoms with van der Waals surface area (Å²) >= 11 is 0. The van der Waals surface area contributed by atoms with Crippen molar-refractivity contribution in [1.82, 2.24) is 4.90 Å². The highest BCUT2D eigenvalue weighted by atomic mass is 19.2. The first-order valence-corrected chi connectivity index (χ1v) is 6.08. The number of carbonyl (C=O) groups is 2. The number of carbonyl (C=O) groups excluding carboxylic acids is 1. The fourth-order valence-corrected chi connectivity index (χ4v) is 2.75. The molecule has 0 amide bonds. The summed E-state index contributed by atoms with van der Waals surface area (Å²) in [5.74, 6) is -5.74. The molecule has 0 spiro atoms. The minimum atomic E-state index is -1.38. The average Bonchev–Trinajstić information content (AvgIpc) is 2.39. The second kappa shape index (κ2) is 4.16. The first-order valence-electron chi connectivity index (χ1n) is 6.08. The van der Waals surface area contributed by atoms with E-state index in [4.69, 9.17) is 9.84 Å². The zero-order valence-electron chi connectivity index (χ0n) is 10.5. The molecule has 7 heteroatoms. The molecule has 1 fully saturated rings. The summed E-state index contributed by atoms with van der Waals surface area (Å²) < 4.78 is 32.5. The standard InChI is InChI=1S/C13H11F2NO4/c1-5-4-20-12-9(15)8(14)2-6-10(12)16(5)3-7(11(6)17)13(18)19/h2-3,5-6,10H,4H2,1H3,(H,18,19)/t5-,6-,10+/m1/s1. The van der Waals surface area contributed by atoms with Crippen LogP contribution in [0.15, 0.2) is 35.3 Å². The quantitative estimate of drug-likeness (QED) is 0.735. The fraction of sp³-hybridized carbons (Fsp3) is 0.385. The molecule has 0 saturated carbocycles. The van der Waals surface area contributed by atoms with E-state index < -0.39 is 40.9 Å². The summed E-state index contributed by atoms with van der Waals surface area (Å²) in [6, 6.07) is -1.05. The van der Waals surface area contributed by atoms with Crippen LogP contribution in [0, 0.1) is 5.92 Å². The van der Waals surface area contributed by atoms with Gasteiger partial charge < -0.3 is 14.7 Å². The van der Waals surface area contributed by atoms with Crippen molar-refractivity contribution in [3.8, 4) is 0 Å². The number of ketones is 1. The van der Waals surface area contributed by atoms with Crippen molar-refractivity contribution < 1.29 is 28.2 Å². The zero-order chi connectivity index (χ0) is 14.6. The van der Waals surface area contributed by atoms with Crippen LogP contribution in [0.25, 0.3) is 0 Å². The molecule has 0 aromatic rings. The molecule has 3 rings (SSSR count). The number of carboxylic acids is 1. The summed E-state index contributed by atoms with van der Waals surface area (Å²) in [6.45, 7) is 1.85. The molecule has 0 bridgehead atoms. The molecule has 5 nitrogen and oxygen atoms in total. The lowest BCUT2D eigenvalue weighted by molar-refractivity contribution is -0.137. The third-order valence-corrected chi connectivity index (χ3v) is 3.75. The van der Waals surface area contributed by atoms with Crippen LogP contribution >= 0.6 is 0 Å². The van der Waals surface area contributed by atoms with Crippen LogP contribution < -0.4 is 0 Å². The number of allylic oxidation sites excluding steroid dienone is 2. The summed E-state index contributed by atoms with van der Waals surface area (Å²) in [7, 11) is 0. The maximum Gasteiger partial charge on any atom is 0.340 e. The van der Waals surface area contributed by atoms with Crippen molar-refractivity contribution in [3.63, 3.8) is 0 Å². The molecule has 1 saturated heterocycles. The molecule has 0 aromatic heterocycles. The normalized spacial score (nSPS) is 32.2. The molecule has 3 aliphatic rings. The van der Waals surface area contributed by atoms with Crippen molar-refractivity contribution in [1.29, 1.82) is 0 Å². The number of rotatable bonds is 1. The van der Waals surface area contributed by atoms with Gasteiger partial charge in [-0.15, -0.1) is 0 Å². The van der Waals surface area contributed by atoms with E-state index >= 15 is 0 Å². The Morgan fingerprint density at radius 1 is 1.50 bits per heavy atom. The Bertz CT molecular complexity index is 607. The zero-order valence-corrected chi connectivity index (χ0v) is 10.5. The molecular weight excluding hydrogens is 272 g/mol. The fourth-order valence-electron chi connectivity index (χ4n) is 2.75. The Morgan fingerprint density at radius 2 is 2.20 bits per heavy atom. The minimum absolute atomic E-state index is 0.0941. The van der Waals surface area contributed by atoms with Crippen LogP contribution in [-0.4, -0.2) is 40.4 Å². The molecule has 0 aromatic carbocycles. The van der Waals surface area contributed by atoms with Gasteiger partial charge in [0.25, 0.3) is 0 Å². The van der Waals surface area contributed by atoms with E-state index in [1.54, 1.807) is 11.8 Å². The van der Waals surface area contributed by atoms with Gasteiger partial charge in [0.15, 0.2) is 23.2 Å². The van der Waals surface area contributed by atoms with E-state index in [1.165, 1.54) is 6.20 Å². The SMILES string of the molecule is C[C@@H]1COC2=C(F)C(F)=C[C@H]3C(=O)C(C(=O)O)=CN1[C@H]23. The third kappa shape index (κ3) is 1.59. The summed E-state index contributed by atoms with van der Waals surface area (Å²) in [6.07, 6.45) is 2.03. The van der Waals surface area contributed by atoms with Crippen LogP contribution in [0.3, 0.4) is 0 Å². The van der Waals surface area contributed by atoms with Gasteiger partial charge in [-0.2, -0.15) is 4.39 Å². The number of nitrogens with zero attached hydrogens (tertiary/aromatic N) is 1. The Balaban J connectivity index is 2.17. The Kier molecular flexibility index (Phi) is 2.67. The van der Waals surface area contributed by atoms with Gasteiger partial charge in [-0.25, -0.2) is 9.18 Å².